The molecule has 1 aromatic rings. The number of nitrogens with one attached hydrogen (secondary N) is 1. The summed E-state index contributed by atoms with van der Waals surface area (Å²) in [6.07, 6.45) is 5.62. The predicted molar refractivity (Wildman–Crippen MR) is 95.9 cm³/mol. The van der Waals surface area contributed by atoms with E-state index in [0.29, 0.717) is 10.6 Å². The Morgan fingerprint density at radius 1 is 1.28 bits per heavy atom. The summed E-state index contributed by atoms with van der Waals surface area (Å²) in [7, 11) is 0. The van der Waals surface area contributed by atoms with Crippen LogP contribution in [0.25, 0.3) is 0 Å². The van der Waals surface area contributed by atoms with Crippen LogP contribution in [0.1, 0.15) is 54.4 Å². The molecule has 1 atom stereocenters. The van der Waals surface area contributed by atoms with Crippen LogP contribution < -0.4 is 5.32 Å². The second kappa shape index (κ2) is 8.80. The fraction of sp³-hybridized carbons (Fsp3) is 0.500. The van der Waals surface area contributed by atoms with E-state index < -0.39 is 23.9 Å². The number of fused-ring (bicyclic) bond motifs is 1. The molecule has 136 valence electrons. The number of rotatable bonds is 6. The van der Waals surface area contributed by atoms with E-state index >= 15 is 0 Å². The number of thiophene rings is 1. The van der Waals surface area contributed by atoms with Gasteiger partial charge in [-0.25, -0.2) is 9.59 Å². The Balaban J connectivity index is 2.20. The molecule has 0 fully saturated rings. The third-order valence-electron chi connectivity index (χ3n) is 3.85. The Morgan fingerprint density at radius 2 is 2.00 bits per heavy atom. The fourth-order valence-corrected chi connectivity index (χ4v) is 3.97. The van der Waals surface area contributed by atoms with Crippen molar-refractivity contribution in [1.82, 2.24) is 0 Å². The maximum Gasteiger partial charge on any atom is 0.341 e. The van der Waals surface area contributed by atoms with E-state index in [0.717, 1.165) is 36.1 Å². The average molecular weight is 365 g/mol. The van der Waals surface area contributed by atoms with Gasteiger partial charge in [0.15, 0.2) is 6.10 Å². The molecule has 0 spiro atoms. The van der Waals surface area contributed by atoms with Gasteiger partial charge in [0.05, 0.1) is 12.2 Å². The zero-order valence-corrected chi connectivity index (χ0v) is 15.5. The van der Waals surface area contributed by atoms with Crippen LogP contribution >= 0.6 is 11.3 Å². The van der Waals surface area contributed by atoms with Crippen molar-refractivity contribution in [1.29, 1.82) is 0 Å². The van der Waals surface area contributed by atoms with E-state index in [4.69, 9.17) is 9.47 Å². The van der Waals surface area contributed by atoms with Crippen LogP contribution in [0.15, 0.2) is 12.2 Å². The van der Waals surface area contributed by atoms with E-state index in [-0.39, 0.29) is 6.61 Å². The van der Waals surface area contributed by atoms with Crippen molar-refractivity contribution >= 4 is 34.2 Å². The number of carbonyl (C=O) groups is 3. The van der Waals surface area contributed by atoms with Crippen molar-refractivity contribution in [2.24, 2.45) is 0 Å². The van der Waals surface area contributed by atoms with Crippen molar-refractivity contribution in [3.8, 4) is 0 Å². The number of hydrogen-bond donors (Lipinski definition) is 1. The van der Waals surface area contributed by atoms with E-state index in [1.54, 1.807) is 19.9 Å². The van der Waals surface area contributed by atoms with Crippen LogP contribution in [-0.2, 0) is 31.9 Å². The normalized spacial score (nSPS) is 14.7. The first kappa shape index (κ1) is 19.2. The van der Waals surface area contributed by atoms with Crippen LogP contribution in [0.4, 0.5) is 5.00 Å². The fourth-order valence-electron chi connectivity index (χ4n) is 2.69. The molecule has 0 aliphatic heterocycles. The van der Waals surface area contributed by atoms with E-state index in [1.165, 1.54) is 24.3 Å². The molecule has 1 aromatic heterocycles. The summed E-state index contributed by atoms with van der Waals surface area (Å²) in [5.74, 6) is -1.47. The van der Waals surface area contributed by atoms with Crippen molar-refractivity contribution in [2.45, 2.75) is 52.6 Å². The highest BCUT2D eigenvalue weighted by atomic mass is 32.1. The van der Waals surface area contributed by atoms with Crippen molar-refractivity contribution in [3.63, 3.8) is 0 Å². The molecular weight excluding hydrogens is 342 g/mol. The maximum atomic E-state index is 12.4. The first-order valence-corrected chi connectivity index (χ1v) is 9.25. The Morgan fingerprint density at radius 3 is 2.68 bits per heavy atom. The van der Waals surface area contributed by atoms with Gasteiger partial charge in [0.1, 0.15) is 5.00 Å². The number of hydrogen-bond acceptors (Lipinski definition) is 6. The molecule has 1 N–H and O–H groups in total. The Bertz CT molecular complexity index is 692. The molecule has 1 amide bonds. The molecule has 0 bridgehead atoms. The highest BCUT2D eigenvalue weighted by Crippen LogP contribution is 2.38. The Hall–Kier alpha value is -2.15. The van der Waals surface area contributed by atoms with Gasteiger partial charge in [0, 0.05) is 11.0 Å². The maximum absolute atomic E-state index is 12.4. The van der Waals surface area contributed by atoms with Crippen molar-refractivity contribution < 1.29 is 23.9 Å². The third-order valence-corrected chi connectivity index (χ3v) is 5.06. The molecule has 0 aromatic carbocycles. The highest BCUT2D eigenvalue weighted by molar-refractivity contribution is 7.17. The van der Waals surface area contributed by atoms with Gasteiger partial charge in [-0.2, -0.15) is 0 Å². The lowest BCUT2D eigenvalue weighted by molar-refractivity contribution is -0.148. The number of amides is 1. The standard InChI is InChI=1S/C18H23NO5S/c1-4-8-14(20)24-11(3)16(21)19-17-15(18(22)23-5-2)12-9-6-7-10-13(12)25-17/h4,8,11H,5-7,9-10H2,1-3H3,(H,19,21)/b8-4+/t11-/m1/s1. The zero-order valence-electron chi connectivity index (χ0n) is 14.7. The van der Waals surface area contributed by atoms with Gasteiger partial charge in [-0.15, -0.1) is 11.3 Å². The lowest BCUT2D eigenvalue weighted by atomic mass is 9.95. The van der Waals surface area contributed by atoms with Gasteiger partial charge in [-0.3, -0.25) is 4.79 Å². The molecule has 0 unspecified atom stereocenters. The SMILES string of the molecule is C/C=C/C(=O)O[C@H](C)C(=O)Nc1sc2c(c1C(=O)OCC)CCCC2. The first-order valence-electron chi connectivity index (χ1n) is 8.43. The smallest absolute Gasteiger partial charge is 0.341 e. The first-order chi connectivity index (χ1) is 12.0. The number of esters is 2. The summed E-state index contributed by atoms with van der Waals surface area (Å²) in [4.78, 5) is 37.3. The van der Waals surface area contributed by atoms with E-state index in [1.807, 2.05) is 0 Å². The van der Waals surface area contributed by atoms with Crippen molar-refractivity contribution in [3.05, 3.63) is 28.2 Å². The summed E-state index contributed by atoms with van der Waals surface area (Å²) in [5, 5.41) is 3.21. The second-order valence-electron chi connectivity index (χ2n) is 5.70. The average Bonchev–Trinajstić information content (AvgIpc) is 2.92. The molecular formula is C18H23NO5S. The van der Waals surface area contributed by atoms with E-state index in [9.17, 15) is 14.4 Å². The van der Waals surface area contributed by atoms with Gasteiger partial charge in [0.2, 0.25) is 0 Å². The van der Waals surface area contributed by atoms with Gasteiger partial charge in [-0.1, -0.05) is 6.08 Å². The Labute approximate surface area is 151 Å². The summed E-state index contributed by atoms with van der Waals surface area (Å²) >= 11 is 1.40. The third kappa shape index (κ3) is 4.69. The lowest BCUT2D eigenvalue weighted by Gasteiger charge is -2.13. The molecule has 25 heavy (non-hydrogen) atoms. The summed E-state index contributed by atoms with van der Waals surface area (Å²) in [5.41, 5.74) is 1.42. The Kier molecular flexibility index (Phi) is 6.75. The molecule has 0 saturated heterocycles. The van der Waals surface area contributed by atoms with Crippen LogP contribution in [0.5, 0.6) is 0 Å². The minimum atomic E-state index is -0.960. The number of ether oxygens (including phenoxy) is 2. The molecule has 1 aliphatic carbocycles. The molecule has 1 aliphatic rings. The molecule has 7 heteroatoms. The van der Waals surface area contributed by atoms with Crippen LogP contribution in [0.3, 0.4) is 0 Å². The van der Waals surface area contributed by atoms with Gasteiger partial charge in [-0.05, 0) is 52.0 Å². The number of allylic oxidation sites excluding steroid dienone is 1. The number of aryl methyl sites for hydroxylation is 1. The van der Waals surface area contributed by atoms with E-state index in [2.05, 4.69) is 5.32 Å². The quantitative estimate of drug-likeness (QED) is 0.618. The van der Waals surface area contributed by atoms with Crippen LogP contribution in [0, 0.1) is 0 Å². The van der Waals surface area contributed by atoms with Crippen LogP contribution in [0.2, 0.25) is 0 Å². The number of anilines is 1. The summed E-state index contributed by atoms with van der Waals surface area (Å²) in [6.45, 7) is 5.20. The monoisotopic (exact) mass is 365 g/mol. The summed E-state index contributed by atoms with van der Waals surface area (Å²) in [6, 6.07) is 0. The second-order valence-corrected chi connectivity index (χ2v) is 6.81. The molecule has 0 saturated carbocycles. The molecule has 1 heterocycles. The zero-order chi connectivity index (χ0) is 18.4. The summed E-state index contributed by atoms with van der Waals surface area (Å²) < 4.78 is 10.2. The minimum absolute atomic E-state index is 0.272. The van der Waals surface area contributed by atoms with Crippen molar-refractivity contribution in [2.75, 3.05) is 11.9 Å². The largest absolute Gasteiger partial charge is 0.462 e. The molecule has 0 radical (unpaired) electrons. The van der Waals surface area contributed by atoms with Gasteiger partial charge < -0.3 is 14.8 Å². The predicted octanol–water partition coefficient (Wildman–Crippen LogP) is 3.25. The topological polar surface area (TPSA) is 81.7 Å². The van der Waals surface area contributed by atoms with Gasteiger partial charge in [0.25, 0.3) is 5.91 Å². The molecule has 2 rings (SSSR count). The van der Waals surface area contributed by atoms with Crippen LogP contribution in [-0.4, -0.2) is 30.6 Å². The lowest BCUT2D eigenvalue weighted by Crippen LogP contribution is -2.29. The van der Waals surface area contributed by atoms with Gasteiger partial charge >= 0.3 is 11.9 Å². The molecule has 6 nitrogen and oxygen atoms in total. The number of carbonyl (C=O) groups excluding carboxylic acids is 3. The minimum Gasteiger partial charge on any atom is -0.462 e. The highest BCUT2D eigenvalue weighted by Gasteiger charge is 2.28.